The number of carbonyl (C=O) groups is 1. The largest absolute Gasteiger partial charge is 0.365 e. The molecule has 110 valence electrons. The van der Waals surface area contributed by atoms with Crippen molar-refractivity contribution in [1.82, 2.24) is 4.90 Å². The van der Waals surface area contributed by atoms with Gasteiger partial charge in [0.15, 0.2) is 0 Å². The van der Waals surface area contributed by atoms with E-state index in [4.69, 9.17) is 0 Å². The van der Waals surface area contributed by atoms with Crippen LogP contribution < -0.4 is 4.90 Å². The number of rotatable bonds is 6. The van der Waals surface area contributed by atoms with Crippen molar-refractivity contribution >= 4 is 17.3 Å². The van der Waals surface area contributed by atoms with Gasteiger partial charge in [0.2, 0.25) is 5.91 Å². The molecule has 0 fully saturated rings. The number of likely N-dealkylation sites (N-methyl/N-ethyl adjacent to an activating group) is 2. The molecule has 1 aromatic rings. The van der Waals surface area contributed by atoms with Gasteiger partial charge in [-0.25, -0.2) is 0 Å². The van der Waals surface area contributed by atoms with Crippen LogP contribution in [0.4, 0.5) is 11.4 Å². The summed E-state index contributed by atoms with van der Waals surface area (Å²) >= 11 is 0. The van der Waals surface area contributed by atoms with Crippen LogP contribution in [0.5, 0.6) is 0 Å². The van der Waals surface area contributed by atoms with Gasteiger partial charge >= 0.3 is 0 Å². The third kappa shape index (κ3) is 3.69. The maximum Gasteiger partial charge on any atom is 0.272 e. The van der Waals surface area contributed by atoms with Crippen molar-refractivity contribution in [1.29, 1.82) is 0 Å². The summed E-state index contributed by atoms with van der Waals surface area (Å²) < 4.78 is 0. The van der Waals surface area contributed by atoms with Gasteiger partial charge in [0.05, 0.1) is 11.5 Å². The quantitative estimate of drug-likeness (QED) is 0.591. The lowest BCUT2D eigenvalue weighted by Gasteiger charge is -2.24. The van der Waals surface area contributed by atoms with Crippen LogP contribution in [0.3, 0.4) is 0 Å². The molecule has 0 bridgehead atoms. The van der Waals surface area contributed by atoms with Gasteiger partial charge in [-0.15, -0.1) is 0 Å². The van der Waals surface area contributed by atoms with Crippen LogP contribution in [0.2, 0.25) is 0 Å². The Morgan fingerprint density at radius 3 is 2.35 bits per heavy atom. The van der Waals surface area contributed by atoms with Crippen LogP contribution in [-0.2, 0) is 4.79 Å². The second-order valence-electron chi connectivity index (χ2n) is 4.65. The summed E-state index contributed by atoms with van der Waals surface area (Å²) in [5.74, 6) is 0.0495. The van der Waals surface area contributed by atoms with E-state index in [9.17, 15) is 14.9 Å². The Morgan fingerprint density at radius 2 is 1.90 bits per heavy atom. The van der Waals surface area contributed by atoms with Crippen LogP contribution in [0, 0.1) is 17.0 Å². The maximum absolute atomic E-state index is 12.0. The number of hydrogen-bond donors (Lipinski definition) is 0. The molecule has 1 aromatic carbocycles. The summed E-state index contributed by atoms with van der Waals surface area (Å²) in [5.41, 5.74) is 1.49. The van der Waals surface area contributed by atoms with Gasteiger partial charge in [0.1, 0.15) is 0 Å². The topological polar surface area (TPSA) is 66.7 Å². The number of nitro benzene ring substituents is 1. The molecule has 0 unspecified atom stereocenters. The zero-order chi connectivity index (χ0) is 15.3. The van der Waals surface area contributed by atoms with E-state index in [1.165, 1.54) is 6.07 Å². The van der Waals surface area contributed by atoms with Crippen molar-refractivity contribution in [3.8, 4) is 0 Å². The van der Waals surface area contributed by atoms with E-state index in [0.717, 1.165) is 5.69 Å². The first-order chi connectivity index (χ1) is 9.40. The minimum absolute atomic E-state index is 0.0495. The van der Waals surface area contributed by atoms with Gasteiger partial charge < -0.3 is 9.80 Å². The Labute approximate surface area is 119 Å². The van der Waals surface area contributed by atoms with Crippen LogP contribution in [-0.4, -0.2) is 42.4 Å². The first-order valence-corrected chi connectivity index (χ1v) is 6.64. The predicted octanol–water partition coefficient (Wildman–Crippen LogP) is 2.21. The number of nitrogens with zero attached hydrogens (tertiary/aromatic N) is 3. The smallest absolute Gasteiger partial charge is 0.272 e. The van der Waals surface area contributed by atoms with E-state index in [0.29, 0.717) is 18.7 Å². The summed E-state index contributed by atoms with van der Waals surface area (Å²) in [7, 11) is 1.81. The fourth-order valence-corrected chi connectivity index (χ4v) is 2.05. The number of anilines is 1. The second-order valence-corrected chi connectivity index (χ2v) is 4.65. The Kier molecular flexibility index (Phi) is 5.49. The fourth-order valence-electron chi connectivity index (χ4n) is 2.05. The Balaban J connectivity index is 2.83. The van der Waals surface area contributed by atoms with Crippen molar-refractivity contribution in [2.45, 2.75) is 20.8 Å². The normalized spacial score (nSPS) is 10.2. The molecule has 0 N–H and O–H groups in total. The van der Waals surface area contributed by atoms with Gasteiger partial charge in [-0.1, -0.05) is 0 Å². The molecule has 0 radical (unpaired) electrons. The standard InChI is InChI=1S/C14H21N3O3/c1-5-16(6-2)14(18)10-15(4)12-7-8-13(17(19)20)11(3)9-12/h7-9H,5-6,10H2,1-4H3. The summed E-state index contributed by atoms with van der Waals surface area (Å²) in [5, 5.41) is 10.8. The van der Waals surface area contributed by atoms with Crippen molar-refractivity contribution in [2.24, 2.45) is 0 Å². The molecule has 20 heavy (non-hydrogen) atoms. The molecule has 0 saturated heterocycles. The summed E-state index contributed by atoms with van der Waals surface area (Å²) in [4.78, 5) is 26.0. The lowest BCUT2D eigenvalue weighted by Crippen LogP contribution is -2.38. The Bertz CT molecular complexity index is 498. The van der Waals surface area contributed by atoms with Gasteiger partial charge in [-0.2, -0.15) is 0 Å². The number of hydrogen-bond acceptors (Lipinski definition) is 4. The molecule has 6 heteroatoms. The molecule has 0 atom stereocenters. The number of amides is 1. The molecule has 0 saturated carbocycles. The molecule has 0 aliphatic heterocycles. The SMILES string of the molecule is CCN(CC)C(=O)CN(C)c1ccc([N+](=O)[O-])c(C)c1. The second kappa shape index (κ2) is 6.88. The van der Waals surface area contributed by atoms with Gasteiger partial charge in [-0.05, 0) is 32.9 Å². The van der Waals surface area contributed by atoms with E-state index in [-0.39, 0.29) is 18.1 Å². The molecule has 0 aliphatic carbocycles. The summed E-state index contributed by atoms with van der Waals surface area (Å²) in [6.07, 6.45) is 0. The highest BCUT2D eigenvalue weighted by atomic mass is 16.6. The minimum Gasteiger partial charge on any atom is -0.365 e. The highest BCUT2D eigenvalue weighted by Crippen LogP contribution is 2.23. The summed E-state index contributed by atoms with van der Waals surface area (Å²) in [6.45, 7) is 7.21. The highest BCUT2D eigenvalue weighted by Gasteiger charge is 2.15. The Hall–Kier alpha value is -2.11. The predicted molar refractivity (Wildman–Crippen MR) is 79.0 cm³/mol. The first-order valence-electron chi connectivity index (χ1n) is 6.64. The molecule has 1 amide bonds. The van der Waals surface area contributed by atoms with Crippen LogP contribution in [0.25, 0.3) is 0 Å². The van der Waals surface area contributed by atoms with E-state index in [2.05, 4.69) is 0 Å². The fraction of sp³-hybridized carbons (Fsp3) is 0.500. The molecular weight excluding hydrogens is 258 g/mol. The third-order valence-electron chi connectivity index (χ3n) is 3.31. The van der Waals surface area contributed by atoms with Gasteiger partial charge in [-0.3, -0.25) is 14.9 Å². The molecule has 6 nitrogen and oxygen atoms in total. The number of aryl methyl sites for hydroxylation is 1. The first kappa shape index (κ1) is 15.9. The van der Waals surface area contributed by atoms with Crippen molar-refractivity contribution in [3.63, 3.8) is 0 Å². The van der Waals surface area contributed by atoms with Gasteiger partial charge in [0.25, 0.3) is 5.69 Å². The Morgan fingerprint density at radius 1 is 1.30 bits per heavy atom. The maximum atomic E-state index is 12.0. The summed E-state index contributed by atoms with van der Waals surface area (Å²) in [6, 6.07) is 4.87. The molecule has 1 rings (SSSR count). The number of benzene rings is 1. The zero-order valence-corrected chi connectivity index (χ0v) is 12.4. The van der Waals surface area contributed by atoms with E-state index < -0.39 is 4.92 Å². The number of carbonyl (C=O) groups excluding carboxylic acids is 1. The number of nitro groups is 1. The van der Waals surface area contributed by atoms with Crippen LogP contribution >= 0.6 is 0 Å². The van der Waals surface area contributed by atoms with Crippen molar-refractivity contribution < 1.29 is 9.72 Å². The minimum atomic E-state index is -0.403. The average molecular weight is 279 g/mol. The molecule has 0 aromatic heterocycles. The molecule has 0 heterocycles. The zero-order valence-electron chi connectivity index (χ0n) is 12.4. The van der Waals surface area contributed by atoms with Crippen molar-refractivity contribution in [3.05, 3.63) is 33.9 Å². The lowest BCUT2D eigenvalue weighted by atomic mass is 10.1. The van der Waals surface area contributed by atoms with E-state index in [1.807, 2.05) is 20.9 Å². The van der Waals surface area contributed by atoms with Crippen LogP contribution in [0.15, 0.2) is 18.2 Å². The monoisotopic (exact) mass is 279 g/mol. The molecule has 0 aliphatic rings. The van der Waals surface area contributed by atoms with Gasteiger partial charge in [0, 0.05) is 37.5 Å². The average Bonchev–Trinajstić information content (AvgIpc) is 2.39. The highest BCUT2D eigenvalue weighted by molar-refractivity contribution is 5.81. The molecule has 0 spiro atoms. The van der Waals surface area contributed by atoms with E-state index >= 15 is 0 Å². The molecular formula is C14H21N3O3. The van der Waals surface area contributed by atoms with E-state index in [1.54, 1.807) is 28.9 Å². The third-order valence-corrected chi connectivity index (χ3v) is 3.31. The van der Waals surface area contributed by atoms with Crippen LogP contribution in [0.1, 0.15) is 19.4 Å². The lowest BCUT2D eigenvalue weighted by molar-refractivity contribution is -0.385. The van der Waals surface area contributed by atoms with Crippen molar-refractivity contribution in [2.75, 3.05) is 31.6 Å².